The molecule has 3 heterocycles. The van der Waals surface area contributed by atoms with Gasteiger partial charge in [-0.25, -0.2) is 4.98 Å². The molecule has 0 saturated carbocycles. The van der Waals surface area contributed by atoms with Crippen LogP contribution >= 0.6 is 0 Å². The third-order valence-electron chi connectivity index (χ3n) is 4.00. The Morgan fingerprint density at radius 1 is 1.08 bits per heavy atom. The summed E-state index contributed by atoms with van der Waals surface area (Å²) < 4.78 is 43.8. The second-order valence-electron chi connectivity index (χ2n) is 5.57. The smallest absolute Gasteiger partial charge is 0.433 e. The highest BCUT2D eigenvalue weighted by molar-refractivity contribution is 5.56. The Kier molecular flexibility index (Phi) is 4.79. The first-order chi connectivity index (χ1) is 12.4. The molecule has 1 aliphatic rings. The zero-order valence-corrected chi connectivity index (χ0v) is 13.9. The molecule has 2 aromatic heterocycles. The normalized spacial score (nSPS) is 14.9. The van der Waals surface area contributed by atoms with Gasteiger partial charge in [-0.3, -0.25) is 4.98 Å². The second-order valence-corrected chi connectivity index (χ2v) is 5.57. The van der Waals surface area contributed by atoms with Crippen LogP contribution in [-0.2, 0) is 6.18 Å². The third kappa shape index (κ3) is 3.61. The van der Waals surface area contributed by atoms with Crippen LogP contribution in [0.5, 0.6) is 5.88 Å². The largest absolute Gasteiger partial charge is 0.480 e. The Bertz CT molecular complexity index is 827. The van der Waals surface area contributed by atoms with E-state index in [9.17, 15) is 18.4 Å². The molecule has 26 heavy (non-hydrogen) atoms. The summed E-state index contributed by atoms with van der Waals surface area (Å²) in [4.78, 5) is 15.7. The number of rotatable bonds is 3. The zero-order chi connectivity index (χ0) is 18.7. The molecule has 0 unspecified atom stereocenters. The van der Waals surface area contributed by atoms with Gasteiger partial charge in [0.05, 0.1) is 25.1 Å². The van der Waals surface area contributed by atoms with E-state index in [4.69, 9.17) is 4.74 Å². The number of anilines is 2. The van der Waals surface area contributed by atoms with Crippen molar-refractivity contribution in [3.05, 3.63) is 35.8 Å². The van der Waals surface area contributed by atoms with Crippen LogP contribution in [0.2, 0.25) is 0 Å². The lowest BCUT2D eigenvalue weighted by Crippen LogP contribution is -2.47. The van der Waals surface area contributed by atoms with E-state index in [1.165, 1.54) is 13.3 Å². The first-order valence-electron chi connectivity index (χ1n) is 7.76. The number of nitriles is 1. The number of alkyl halides is 3. The number of methoxy groups -OCH3 is 1. The molecule has 1 saturated heterocycles. The number of pyridine rings is 1. The van der Waals surface area contributed by atoms with E-state index >= 15 is 0 Å². The molecule has 136 valence electrons. The van der Waals surface area contributed by atoms with E-state index in [0.29, 0.717) is 37.9 Å². The van der Waals surface area contributed by atoms with Crippen molar-refractivity contribution >= 4 is 11.6 Å². The summed E-state index contributed by atoms with van der Waals surface area (Å²) in [5, 5.41) is 9.19. The fourth-order valence-corrected chi connectivity index (χ4v) is 2.67. The van der Waals surface area contributed by atoms with Gasteiger partial charge in [0.25, 0.3) is 0 Å². The fourth-order valence-electron chi connectivity index (χ4n) is 2.67. The number of hydrogen-bond donors (Lipinski definition) is 0. The lowest BCUT2D eigenvalue weighted by atomic mass is 10.2. The average molecular weight is 364 g/mol. The van der Waals surface area contributed by atoms with E-state index in [0.717, 1.165) is 12.1 Å². The molecular formula is C16H15F3N6O. The van der Waals surface area contributed by atoms with Gasteiger partial charge in [-0.05, 0) is 12.1 Å². The number of nitrogens with zero attached hydrogens (tertiary/aromatic N) is 6. The maximum Gasteiger partial charge on any atom is 0.433 e. The molecule has 2 aromatic rings. The minimum absolute atomic E-state index is 0.0544. The van der Waals surface area contributed by atoms with E-state index < -0.39 is 11.9 Å². The van der Waals surface area contributed by atoms with Crippen LogP contribution in [0.1, 0.15) is 11.3 Å². The molecule has 0 aromatic carbocycles. The van der Waals surface area contributed by atoms with Crippen LogP contribution in [0.4, 0.5) is 24.8 Å². The molecule has 10 heteroatoms. The van der Waals surface area contributed by atoms with Gasteiger partial charge in [-0.15, -0.1) is 0 Å². The highest BCUT2D eigenvalue weighted by Gasteiger charge is 2.34. The Balaban J connectivity index is 1.78. The van der Waals surface area contributed by atoms with Crippen LogP contribution in [0, 0.1) is 11.3 Å². The van der Waals surface area contributed by atoms with Crippen molar-refractivity contribution < 1.29 is 17.9 Å². The quantitative estimate of drug-likeness (QED) is 0.825. The average Bonchev–Trinajstić information content (AvgIpc) is 2.67. The first kappa shape index (κ1) is 17.7. The highest BCUT2D eigenvalue weighted by Crippen LogP contribution is 2.31. The van der Waals surface area contributed by atoms with Crippen molar-refractivity contribution in [2.24, 2.45) is 0 Å². The molecule has 7 nitrogen and oxygen atoms in total. The van der Waals surface area contributed by atoms with Gasteiger partial charge in [-0.1, -0.05) is 0 Å². The van der Waals surface area contributed by atoms with E-state index in [1.54, 1.807) is 11.1 Å². The number of piperazine rings is 1. The predicted molar refractivity (Wildman–Crippen MR) is 87.0 cm³/mol. The topological polar surface area (TPSA) is 78.2 Å². The van der Waals surface area contributed by atoms with E-state index in [-0.39, 0.29) is 11.4 Å². The summed E-state index contributed by atoms with van der Waals surface area (Å²) in [5.74, 6) is 1.07. The molecule has 1 aliphatic heterocycles. The summed E-state index contributed by atoms with van der Waals surface area (Å²) >= 11 is 0. The standard InChI is InChI=1S/C16H15F3N6O/c1-26-14-10-21-9-13(23-14)24-4-6-25(7-5-24)15-11(8-20)2-3-12(22-15)16(17,18)19/h2-3,9-10H,4-7H2,1H3. The molecule has 0 atom stereocenters. The van der Waals surface area contributed by atoms with Crippen molar-refractivity contribution in [1.29, 1.82) is 5.26 Å². The van der Waals surface area contributed by atoms with Crippen LogP contribution in [0.3, 0.4) is 0 Å². The number of hydrogen-bond acceptors (Lipinski definition) is 7. The van der Waals surface area contributed by atoms with E-state index in [2.05, 4.69) is 15.0 Å². The van der Waals surface area contributed by atoms with E-state index in [1.807, 2.05) is 11.0 Å². The minimum atomic E-state index is -4.55. The summed E-state index contributed by atoms with van der Waals surface area (Å²) in [6.45, 7) is 1.82. The third-order valence-corrected chi connectivity index (χ3v) is 4.00. The Labute approximate surface area is 147 Å². The van der Waals surface area contributed by atoms with Crippen LogP contribution < -0.4 is 14.5 Å². The van der Waals surface area contributed by atoms with Gasteiger partial charge in [0.1, 0.15) is 17.6 Å². The van der Waals surface area contributed by atoms with Crippen LogP contribution in [0.15, 0.2) is 24.5 Å². The molecule has 0 aliphatic carbocycles. The summed E-state index contributed by atoms with van der Waals surface area (Å²) in [6.07, 6.45) is -1.46. The van der Waals surface area contributed by atoms with Crippen molar-refractivity contribution in [3.8, 4) is 11.9 Å². The van der Waals surface area contributed by atoms with Crippen LogP contribution in [0.25, 0.3) is 0 Å². The summed E-state index contributed by atoms with van der Waals surface area (Å²) in [6, 6.07) is 3.89. The molecule has 0 spiro atoms. The maximum atomic E-state index is 12.9. The van der Waals surface area contributed by atoms with Crippen molar-refractivity contribution in [2.75, 3.05) is 43.1 Å². The van der Waals surface area contributed by atoms with Gasteiger partial charge in [-0.2, -0.15) is 23.4 Å². The molecule has 0 amide bonds. The minimum Gasteiger partial charge on any atom is -0.480 e. The predicted octanol–water partition coefficient (Wildman–Crippen LogP) is 2.10. The number of aromatic nitrogens is 3. The second kappa shape index (κ2) is 7.03. The maximum absolute atomic E-state index is 12.9. The van der Waals surface area contributed by atoms with Crippen LogP contribution in [-0.4, -0.2) is 48.2 Å². The van der Waals surface area contributed by atoms with Gasteiger partial charge in [0, 0.05) is 26.2 Å². The lowest BCUT2D eigenvalue weighted by Gasteiger charge is -2.36. The van der Waals surface area contributed by atoms with Gasteiger partial charge >= 0.3 is 6.18 Å². The molecule has 3 rings (SSSR count). The van der Waals surface area contributed by atoms with Gasteiger partial charge in [0.2, 0.25) is 5.88 Å². The van der Waals surface area contributed by atoms with Gasteiger partial charge in [0.15, 0.2) is 5.82 Å². The molecule has 0 radical (unpaired) electrons. The Hall–Kier alpha value is -3.09. The van der Waals surface area contributed by atoms with Gasteiger partial charge < -0.3 is 14.5 Å². The van der Waals surface area contributed by atoms with Crippen molar-refractivity contribution in [2.45, 2.75) is 6.18 Å². The monoisotopic (exact) mass is 364 g/mol. The summed E-state index contributed by atoms with van der Waals surface area (Å²) in [5.41, 5.74) is -0.889. The molecular weight excluding hydrogens is 349 g/mol. The van der Waals surface area contributed by atoms with Crippen molar-refractivity contribution in [1.82, 2.24) is 15.0 Å². The Morgan fingerprint density at radius 2 is 1.77 bits per heavy atom. The molecule has 1 fully saturated rings. The highest BCUT2D eigenvalue weighted by atomic mass is 19.4. The Morgan fingerprint density at radius 3 is 2.38 bits per heavy atom. The number of halogens is 3. The first-order valence-corrected chi connectivity index (χ1v) is 7.76. The van der Waals surface area contributed by atoms with Crippen molar-refractivity contribution in [3.63, 3.8) is 0 Å². The zero-order valence-electron chi connectivity index (χ0n) is 13.9. The number of ether oxygens (including phenoxy) is 1. The lowest BCUT2D eigenvalue weighted by molar-refractivity contribution is -0.141. The SMILES string of the molecule is COc1cncc(N2CCN(c3nc(C(F)(F)F)ccc3C#N)CC2)n1. The molecule has 0 N–H and O–H groups in total. The summed E-state index contributed by atoms with van der Waals surface area (Å²) in [7, 11) is 1.49. The molecule has 0 bridgehead atoms. The fraction of sp³-hybridized carbons (Fsp3) is 0.375.